The zero-order valence-corrected chi connectivity index (χ0v) is 7.09. The number of nitrogens with two attached hydrogens (primary N) is 1. The van der Waals surface area contributed by atoms with Crippen LogP contribution in [0.2, 0.25) is 0 Å². The van der Waals surface area contributed by atoms with E-state index in [2.05, 4.69) is 0 Å². The molecule has 0 aliphatic heterocycles. The molecule has 0 heterocycles. The average Bonchev–Trinajstić information content (AvgIpc) is 2.07. The summed E-state index contributed by atoms with van der Waals surface area (Å²) < 4.78 is 5.61. The van der Waals surface area contributed by atoms with Crippen molar-refractivity contribution in [3.05, 3.63) is 6.54 Å². The zero-order valence-electron chi connectivity index (χ0n) is 7.09. The number of ether oxygens (including phenoxy) is 1. The van der Waals surface area contributed by atoms with Crippen LogP contribution in [0.25, 0.3) is 0 Å². The van der Waals surface area contributed by atoms with Gasteiger partial charge in [-0.15, -0.1) is 0 Å². The predicted molar refractivity (Wildman–Crippen MR) is 45.9 cm³/mol. The van der Waals surface area contributed by atoms with Crippen LogP contribution < -0.4 is 5.73 Å². The maximum atomic E-state index is 5.61. The molecule has 1 aliphatic carbocycles. The fourth-order valence-corrected chi connectivity index (χ4v) is 1.53. The van der Waals surface area contributed by atoms with E-state index in [4.69, 9.17) is 10.5 Å². The van der Waals surface area contributed by atoms with Gasteiger partial charge in [0.15, 0.2) is 0 Å². The Morgan fingerprint density at radius 1 is 1.27 bits per heavy atom. The third-order valence-corrected chi connectivity index (χ3v) is 2.19. The molecule has 11 heavy (non-hydrogen) atoms. The van der Waals surface area contributed by atoms with Gasteiger partial charge in [-0.3, -0.25) is 0 Å². The van der Waals surface area contributed by atoms with Crippen LogP contribution in [0, 0.1) is 6.54 Å². The molecule has 0 spiro atoms. The van der Waals surface area contributed by atoms with Crippen LogP contribution in [-0.4, -0.2) is 12.7 Å². The highest BCUT2D eigenvalue weighted by Gasteiger charge is 2.12. The van der Waals surface area contributed by atoms with Crippen LogP contribution in [0.4, 0.5) is 0 Å². The monoisotopic (exact) mass is 156 g/mol. The first-order valence-corrected chi connectivity index (χ1v) is 4.58. The second-order valence-electron chi connectivity index (χ2n) is 3.16. The Bertz CT molecular complexity index is 89.6. The molecule has 2 nitrogen and oxygen atoms in total. The maximum Gasteiger partial charge on any atom is 0.0575 e. The summed E-state index contributed by atoms with van der Waals surface area (Å²) in [4.78, 5) is 0. The Morgan fingerprint density at radius 2 is 2.00 bits per heavy atom. The molecule has 0 aromatic rings. The zero-order chi connectivity index (χ0) is 7.94. The average molecular weight is 156 g/mol. The summed E-state index contributed by atoms with van der Waals surface area (Å²) in [6, 6.07) is 0. The lowest BCUT2D eigenvalue weighted by Crippen LogP contribution is -2.17. The standard InChI is InChI=1S/C9H18NO/c10-7-4-8-11-9-5-2-1-3-6-9/h7,9H,1-6,8,10H2. The van der Waals surface area contributed by atoms with E-state index in [9.17, 15) is 0 Å². The molecule has 1 saturated carbocycles. The van der Waals surface area contributed by atoms with Crippen molar-refractivity contribution in [3.8, 4) is 0 Å². The van der Waals surface area contributed by atoms with Crippen LogP contribution >= 0.6 is 0 Å². The van der Waals surface area contributed by atoms with Crippen molar-refractivity contribution < 1.29 is 4.74 Å². The van der Waals surface area contributed by atoms with Crippen molar-refractivity contribution >= 4 is 0 Å². The third kappa shape index (κ3) is 3.73. The fourth-order valence-electron chi connectivity index (χ4n) is 1.53. The minimum atomic E-state index is 0.531. The maximum absolute atomic E-state index is 5.61. The summed E-state index contributed by atoms with van der Waals surface area (Å²) in [6.45, 7) is 2.48. The Balaban J connectivity index is 1.96. The summed E-state index contributed by atoms with van der Waals surface area (Å²) >= 11 is 0. The summed E-state index contributed by atoms with van der Waals surface area (Å²) in [5, 5.41) is 0. The van der Waals surface area contributed by atoms with Gasteiger partial charge in [0.25, 0.3) is 0 Å². The Kier molecular flexibility index (Phi) is 4.55. The largest absolute Gasteiger partial charge is 0.378 e. The van der Waals surface area contributed by atoms with E-state index in [1.54, 1.807) is 6.54 Å². The second kappa shape index (κ2) is 5.56. The van der Waals surface area contributed by atoms with Gasteiger partial charge in [0.2, 0.25) is 0 Å². The number of hydrogen-bond acceptors (Lipinski definition) is 2. The van der Waals surface area contributed by atoms with Gasteiger partial charge in [-0.05, 0) is 19.3 Å². The van der Waals surface area contributed by atoms with E-state index in [0.29, 0.717) is 6.10 Å². The topological polar surface area (TPSA) is 35.2 Å². The molecule has 1 aliphatic rings. The van der Waals surface area contributed by atoms with Crippen LogP contribution in [0.5, 0.6) is 0 Å². The molecular weight excluding hydrogens is 138 g/mol. The molecule has 0 aromatic heterocycles. The molecule has 0 amide bonds. The van der Waals surface area contributed by atoms with E-state index >= 15 is 0 Å². The van der Waals surface area contributed by atoms with Crippen LogP contribution in [-0.2, 0) is 4.74 Å². The van der Waals surface area contributed by atoms with Crippen LogP contribution in [0.1, 0.15) is 38.5 Å². The Morgan fingerprint density at radius 3 is 2.64 bits per heavy atom. The summed E-state index contributed by atoms with van der Waals surface area (Å²) in [5.41, 5.74) is 5.24. The van der Waals surface area contributed by atoms with Gasteiger partial charge in [-0.1, -0.05) is 19.3 Å². The molecule has 0 aromatic carbocycles. The molecule has 0 bridgehead atoms. The van der Waals surface area contributed by atoms with Crippen LogP contribution in [0.3, 0.4) is 0 Å². The molecule has 2 N–H and O–H groups in total. The molecule has 1 rings (SSSR count). The smallest absolute Gasteiger partial charge is 0.0575 e. The van der Waals surface area contributed by atoms with E-state index in [1.165, 1.54) is 32.1 Å². The van der Waals surface area contributed by atoms with Crippen molar-refractivity contribution in [3.63, 3.8) is 0 Å². The Hall–Kier alpha value is -0.0800. The summed E-state index contributed by atoms with van der Waals surface area (Å²) in [6.07, 6.45) is 8.01. The summed E-state index contributed by atoms with van der Waals surface area (Å²) in [5.74, 6) is 0. The lowest BCUT2D eigenvalue weighted by Gasteiger charge is -2.21. The normalized spacial score (nSPS) is 20.5. The van der Waals surface area contributed by atoms with Crippen molar-refractivity contribution in [1.82, 2.24) is 0 Å². The van der Waals surface area contributed by atoms with Gasteiger partial charge in [-0.25, -0.2) is 0 Å². The predicted octanol–water partition coefficient (Wildman–Crippen LogP) is 1.85. The van der Waals surface area contributed by atoms with Crippen molar-refractivity contribution in [2.45, 2.75) is 44.6 Å². The van der Waals surface area contributed by atoms with E-state index in [0.717, 1.165) is 13.0 Å². The van der Waals surface area contributed by atoms with E-state index < -0.39 is 0 Å². The quantitative estimate of drug-likeness (QED) is 0.630. The van der Waals surface area contributed by atoms with Gasteiger partial charge in [-0.2, -0.15) is 0 Å². The highest BCUT2D eigenvalue weighted by molar-refractivity contribution is 4.65. The van der Waals surface area contributed by atoms with Gasteiger partial charge >= 0.3 is 0 Å². The highest BCUT2D eigenvalue weighted by Crippen LogP contribution is 2.20. The molecule has 0 unspecified atom stereocenters. The van der Waals surface area contributed by atoms with Crippen molar-refractivity contribution in [1.29, 1.82) is 0 Å². The van der Waals surface area contributed by atoms with Gasteiger partial charge in [0.1, 0.15) is 0 Å². The van der Waals surface area contributed by atoms with Crippen molar-refractivity contribution in [2.24, 2.45) is 5.73 Å². The lowest BCUT2D eigenvalue weighted by atomic mass is 9.98. The molecule has 1 radical (unpaired) electrons. The first-order valence-electron chi connectivity index (χ1n) is 4.58. The first-order chi connectivity index (χ1) is 5.43. The lowest BCUT2D eigenvalue weighted by molar-refractivity contribution is 0.0299. The molecule has 0 atom stereocenters. The SMILES string of the molecule is N[CH]CCOC1CCCCC1. The molecule has 2 heteroatoms. The molecular formula is C9H18NO. The number of rotatable bonds is 4. The Labute approximate surface area is 69.1 Å². The molecule has 65 valence electrons. The number of hydrogen-bond donors (Lipinski definition) is 1. The van der Waals surface area contributed by atoms with Gasteiger partial charge < -0.3 is 10.5 Å². The van der Waals surface area contributed by atoms with Crippen molar-refractivity contribution in [2.75, 3.05) is 6.61 Å². The van der Waals surface area contributed by atoms with Gasteiger partial charge in [0.05, 0.1) is 6.10 Å². The van der Waals surface area contributed by atoms with E-state index in [-0.39, 0.29) is 0 Å². The fraction of sp³-hybridized carbons (Fsp3) is 0.889. The summed E-state index contributed by atoms with van der Waals surface area (Å²) in [7, 11) is 0. The molecule has 0 saturated heterocycles. The van der Waals surface area contributed by atoms with E-state index in [1.807, 2.05) is 0 Å². The second-order valence-corrected chi connectivity index (χ2v) is 3.16. The first kappa shape index (κ1) is 9.01. The minimum absolute atomic E-state index is 0.531. The van der Waals surface area contributed by atoms with Gasteiger partial charge in [0, 0.05) is 13.2 Å². The third-order valence-electron chi connectivity index (χ3n) is 2.19. The molecule has 1 fully saturated rings. The van der Waals surface area contributed by atoms with Crippen LogP contribution in [0.15, 0.2) is 0 Å². The minimum Gasteiger partial charge on any atom is -0.378 e. The highest BCUT2D eigenvalue weighted by atomic mass is 16.5.